The van der Waals surface area contributed by atoms with Crippen molar-refractivity contribution in [3.63, 3.8) is 0 Å². The van der Waals surface area contributed by atoms with E-state index >= 15 is 0 Å². The molecule has 4 nitrogen and oxygen atoms in total. The van der Waals surface area contributed by atoms with Gasteiger partial charge in [-0.05, 0) is 0 Å². The van der Waals surface area contributed by atoms with Crippen molar-refractivity contribution < 1.29 is 82.8 Å². The molecule has 0 saturated carbocycles. The average Bonchev–Trinajstić information content (AvgIpc) is 1.92. The Bertz CT molecular complexity index is 27.0. The van der Waals surface area contributed by atoms with E-state index in [9.17, 15) is 0 Å². The zero-order chi connectivity index (χ0) is 10.8. The van der Waals surface area contributed by atoms with Crippen LogP contribution in [0.25, 0.3) is 0 Å². The first kappa shape index (κ1) is 24.1. The second-order valence-electron chi connectivity index (χ2n) is 1.00. The summed E-state index contributed by atoms with van der Waals surface area (Å²) in [6.07, 6.45) is 0. The van der Waals surface area contributed by atoms with Gasteiger partial charge in [0.15, 0.2) is 0 Å². The molecule has 0 aromatic heterocycles. The van der Waals surface area contributed by atoms with E-state index < -0.39 is 0 Å². The van der Waals surface area contributed by atoms with Gasteiger partial charge in [0, 0.05) is 0 Å². The summed E-state index contributed by atoms with van der Waals surface area (Å²) >= 11 is 7.50. The summed E-state index contributed by atoms with van der Waals surface area (Å²) in [5, 5.41) is 0. The Balaban J connectivity index is -0.0000000356. The van der Waals surface area contributed by atoms with Gasteiger partial charge in [0.1, 0.15) is 0 Å². The Kier molecular flexibility index (Phi) is 98.9. The molecule has 0 atom stereocenters. The van der Waals surface area contributed by atoms with Crippen LogP contribution in [0.1, 0.15) is 0 Å². The summed E-state index contributed by atoms with van der Waals surface area (Å²) in [4.78, 5) is 0. The zero-order valence-electron chi connectivity index (χ0n) is 8.00. The van der Waals surface area contributed by atoms with E-state index in [1.165, 1.54) is 0 Å². The molecule has 0 unspecified atom stereocenters. The normalized spacial score (nSPS) is 5.33. The van der Waals surface area contributed by atoms with Gasteiger partial charge in [-0.3, -0.25) is 0 Å². The molecule has 0 amide bonds. The van der Waals surface area contributed by atoms with Gasteiger partial charge in [0.2, 0.25) is 0 Å². The summed E-state index contributed by atoms with van der Waals surface area (Å²) in [6.45, 7) is 0. The predicted octanol–water partition coefficient (Wildman–Crippen LogP) is -1.33. The fourth-order valence-corrected chi connectivity index (χ4v) is 0. The van der Waals surface area contributed by atoms with Gasteiger partial charge in [-0.25, -0.2) is 0 Å². The standard InChI is InChI=1S/4CH4N.4Ti/c4*1-2;;;;/h4*2H,1H3;;;;/q4*-1;4*+1. The Morgan fingerprint density at radius 2 is 0.500 bits per heavy atom. The zero-order valence-corrected chi connectivity index (χ0v) is 14.2. The molecule has 0 rings (SSSR count). The molecule has 12 heavy (non-hydrogen) atoms. The summed E-state index contributed by atoms with van der Waals surface area (Å²) in [5.74, 6) is 0. The molecule has 0 aromatic carbocycles. The number of hydrogen-bond donors (Lipinski definition) is 4. The first-order valence-corrected chi connectivity index (χ1v) is 6.12. The van der Waals surface area contributed by atoms with Crippen LogP contribution in [-0.2, 0) is 82.8 Å². The van der Waals surface area contributed by atoms with Crippen LogP contribution in [0.2, 0.25) is 0 Å². The minimum absolute atomic E-state index is 1.88. The fourth-order valence-electron chi connectivity index (χ4n) is 0. The minimum atomic E-state index is 1.88. The maximum atomic E-state index is 2.75. The van der Waals surface area contributed by atoms with Crippen LogP contribution in [0.3, 0.4) is 0 Å². The predicted molar refractivity (Wildman–Crippen MR) is 36.2 cm³/mol. The van der Waals surface area contributed by atoms with E-state index in [2.05, 4.69) is 15.2 Å². The Hall–Kier alpha value is 2.70. The first-order chi connectivity index (χ1) is 5.66. The summed E-state index contributed by atoms with van der Waals surface area (Å²) in [5.41, 5.74) is 0. The van der Waals surface area contributed by atoms with Crippen LogP contribution < -0.4 is 15.2 Å². The van der Waals surface area contributed by atoms with Crippen LogP contribution in [-0.4, -0.2) is 28.2 Å². The second-order valence-corrected chi connectivity index (χ2v) is 4.12. The number of nitrogens with one attached hydrogen (secondary N) is 4. The monoisotopic (exact) mass is 312 g/mol. The van der Waals surface area contributed by atoms with Crippen molar-refractivity contribution in [3.8, 4) is 0 Å². The van der Waals surface area contributed by atoms with Crippen LogP contribution >= 0.6 is 0 Å². The summed E-state index contributed by atoms with van der Waals surface area (Å²) in [6, 6.07) is 0. The molecule has 0 saturated heterocycles. The first-order valence-electron chi connectivity index (χ1n) is 3.00. The molecule has 0 bridgehead atoms. The SMILES string of the molecule is C[NH][Ti].C[NH][Ti].C[NH][Ti].C[NH][Ti]. The van der Waals surface area contributed by atoms with Crippen molar-refractivity contribution in [3.05, 3.63) is 0 Å². The topological polar surface area (TPSA) is 48.1 Å². The van der Waals surface area contributed by atoms with Crippen molar-refractivity contribution in [2.24, 2.45) is 0 Å². The van der Waals surface area contributed by atoms with Gasteiger partial charge in [-0.15, -0.1) is 0 Å². The molecule has 4 N–H and O–H groups in total. The number of hydrogen-bond acceptors (Lipinski definition) is 4. The van der Waals surface area contributed by atoms with E-state index in [0.29, 0.717) is 0 Å². The van der Waals surface area contributed by atoms with E-state index in [4.69, 9.17) is 0 Å². The molecule has 8 heteroatoms. The van der Waals surface area contributed by atoms with E-state index in [1.807, 2.05) is 111 Å². The van der Waals surface area contributed by atoms with Crippen molar-refractivity contribution in [2.75, 3.05) is 28.2 Å². The van der Waals surface area contributed by atoms with Crippen molar-refractivity contribution in [1.29, 1.82) is 0 Å². The molecule has 0 aliphatic rings. The average molecular weight is 312 g/mol. The molecular formula is C4H16N4Ti4. The number of rotatable bonds is 0. The third-order valence-electron chi connectivity index (χ3n) is 0. The third-order valence-corrected chi connectivity index (χ3v) is 0. The Morgan fingerprint density at radius 3 is 0.500 bits per heavy atom. The van der Waals surface area contributed by atoms with Gasteiger partial charge in [-0.1, -0.05) is 0 Å². The summed E-state index contributed by atoms with van der Waals surface area (Å²) in [7, 11) is 7.50. The van der Waals surface area contributed by atoms with E-state index in [-0.39, 0.29) is 0 Å². The molecule has 0 spiro atoms. The molecular weight excluding hydrogens is 296 g/mol. The Labute approximate surface area is 124 Å². The third kappa shape index (κ3) is 239. The van der Waals surface area contributed by atoms with Crippen molar-refractivity contribution >= 4 is 0 Å². The van der Waals surface area contributed by atoms with Crippen LogP contribution in [0, 0.1) is 0 Å². The van der Waals surface area contributed by atoms with Crippen molar-refractivity contribution in [2.45, 2.75) is 0 Å². The van der Waals surface area contributed by atoms with E-state index in [0.717, 1.165) is 0 Å². The molecule has 0 aliphatic heterocycles. The molecule has 0 heterocycles. The molecule has 0 radical (unpaired) electrons. The van der Waals surface area contributed by atoms with Gasteiger partial charge < -0.3 is 0 Å². The van der Waals surface area contributed by atoms with E-state index in [1.54, 1.807) is 0 Å². The van der Waals surface area contributed by atoms with Gasteiger partial charge >= 0.3 is 126 Å². The molecule has 0 fully saturated rings. The van der Waals surface area contributed by atoms with Crippen LogP contribution in [0.15, 0.2) is 0 Å². The van der Waals surface area contributed by atoms with Gasteiger partial charge in [-0.2, -0.15) is 0 Å². The van der Waals surface area contributed by atoms with Crippen molar-refractivity contribution in [1.82, 2.24) is 15.2 Å². The second kappa shape index (κ2) is 49.2. The van der Waals surface area contributed by atoms with Gasteiger partial charge in [0.25, 0.3) is 0 Å². The fraction of sp³-hybridized carbons (Fsp3) is 1.00. The Morgan fingerprint density at radius 1 is 0.500 bits per heavy atom. The molecule has 0 aromatic rings. The quantitative estimate of drug-likeness (QED) is 0.419. The van der Waals surface area contributed by atoms with Crippen LogP contribution in [0.5, 0.6) is 0 Å². The molecule has 68 valence electrons. The maximum absolute atomic E-state index is 2.75. The van der Waals surface area contributed by atoms with Gasteiger partial charge in [0.05, 0.1) is 0 Å². The molecule has 0 aliphatic carbocycles. The van der Waals surface area contributed by atoms with Crippen LogP contribution in [0.4, 0.5) is 0 Å². The summed E-state index contributed by atoms with van der Waals surface area (Å²) < 4.78 is 11.0.